The number of amides is 1. The van der Waals surface area contributed by atoms with Gasteiger partial charge in [0.05, 0.1) is 17.8 Å². The summed E-state index contributed by atoms with van der Waals surface area (Å²) in [4.78, 5) is 29.3. The average Bonchev–Trinajstić information content (AvgIpc) is 3.28. The number of pyridine rings is 1. The topological polar surface area (TPSA) is 94.1 Å². The molecule has 0 unspecified atom stereocenters. The van der Waals surface area contributed by atoms with Gasteiger partial charge in [-0.25, -0.2) is 4.98 Å². The van der Waals surface area contributed by atoms with Gasteiger partial charge < -0.3 is 25.0 Å². The first kappa shape index (κ1) is 28.6. The predicted octanol–water partition coefficient (Wildman–Crippen LogP) is 3.83. The third-order valence-corrected chi connectivity index (χ3v) is 8.96. The number of fused-ring (bicyclic) bond motifs is 1. The first-order valence-electron chi connectivity index (χ1n) is 14.4. The van der Waals surface area contributed by atoms with Crippen molar-refractivity contribution in [1.82, 2.24) is 20.2 Å². The molecule has 2 fully saturated rings. The molecule has 1 aromatic carbocycles. The molecule has 2 saturated heterocycles. The van der Waals surface area contributed by atoms with Gasteiger partial charge in [0.2, 0.25) is 0 Å². The van der Waals surface area contributed by atoms with Gasteiger partial charge in [-0.1, -0.05) is 19.9 Å². The number of aliphatic hydroxyl groups is 1. The lowest BCUT2D eigenvalue weighted by molar-refractivity contribution is -0.123. The molecule has 216 valence electrons. The van der Waals surface area contributed by atoms with Crippen molar-refractivity contribution in [1.29, 1.82) is 0 Å². The van der Waals surface area contributed by atoms with Gasteiger partial charge in [0.25, 0.3) is 5.91 Å². The van der Waals surface area contributed by atoms with E-state index in [9.17, 15) is 4.79 Å². The number of carbonyl (C=O) groups is 1. The minimum atomic E-state index is -0.251. The molecule has 40 heavy (non-hydrogen) atoms. The second-order valence-electron chi connectivity index (χ2n) is 11.7. The molecule has 0 bridgehead atoms. The largest absolute Gasteiger partial charge is 0.481 e. The van der Waals surface area contributed by atoms with E-state index >= 15 is 0 Å². The fraction of sp³-hybridized carbons (Fsp3) is 0.567. The van der Waals surface area contributed by atoms with E-state index in [1.807, 2.05) is 19.2 Å². The maximum atomic E-state index is 12.2. The van der Waals surface area contributed by atoms with Crippen LogP contribution in [0.25, 0.3) is 10.9 Å². The van der Waals surface area contributed by atoms with Gasteiger partial charge in [-0.2, -0.15) is 0 Å². The molecule has 0 atom stereocenters. The van der Waals surface area contributed by atoms with Gasteiger partial charge >= 0.3 is 0 Å². The third kappa shape index (κ3) is 6.85. The molecule has 2 aliphatic heterocycles. The number of hydrogen-bond donors (Lipinski definition) is 2. The van der Waals surface area contributed by atoms with Gasteiger partial charge in [0, 0.05) is 69.3 Å². The van der Waals surface area contributed by atoms with Crippen molar-refractivity contribution in [2.45, 2.75) is 46.6 Å². The lowest BCUT2D eigenvalue weighted by atomic mass is 9.83. The van der Waals surface area contributed by atoms with Crippen molar-refractivity contribution in [3.05, 3.63) is 41.0 Å². The third-order valence-electron chi connectivity index (χ3n) is 8.01. The highest BCUT2D eigenvalue weighted by Crippen LogP contribution is 2.39. The zero-order valence-corrected chi connectivity index (χ0v) is 24.8. The number of aliphatic hydroxyl groups excluding tert-OH is 1. The Balaban J connectivity index is 1.28. The van der Waals surface area contributed by atoms with Crippen molar-refractivity contribution in [2.75, 3.05) is 68.8 Å². The number of carbonyl (C=O) groups excluding carboxylic acids is 1. The minimum Gasteiger partial charge on any atom is -0.481 e. The van der Waals surface area contributed by atoms with Gasteiger partial charge in [0.15, 0.2) is 11.7 Å². The average molecular weight is 567 g/mol. The van der Waals surface area contributed by atoms with Crippen LogP contribution in [-0.4, -0.2) is 84.9 Å². The van der Waals surface area contributed by atoms with Crippen LogP contribution < -0.4 is 19.9 Å². The van der Waals surface area contributed by atoms with Crippen molar-refractivity contribution in [3.63, 3.8) is 0 Å². The van der Waals surface area contributed by atoms with E-state index in [-0.39, 0.29) is 25.7 Å². The first-order chi connectivity index (χ1) is 19.3. The number of aromatic nitrogens is 2. The Hall–Kier alpha value is -2.95. The van der Waals surface area contributed by atoms with Crippen LogP contribution in [-0.2, 0) is 11.3 Å². The lowest BCUT2D eigenvalue weighted by Crippen LogP contribution is -2.37. The highest BCUT2D eigenvalue weighted by atomic mass is 32.1. The Labute approximate surface area is 241 Å². The molecule has 2 aliphatic rings. The van der Waals surface area contributed by atoms with E-state index in [1.165, 1.54) is 12.8 Å². The Morgan fingerprint density at radius 3 is 2.77 bits per heavy atom. The van der Waals surface area contributed by atoms with Gasteiger partial charge in [-0.3, -0.25) is 14.7 Å². The lowest BCUT2D eigenvalue weighted by Gasteiger charge is -2.36. The molecule has 4 heterocycles. The van der Waals surface area contributed by atoms with Crippen LogP contribution >= 0.6 is 11.3 Å². The molecule has 0 radical (unpaired) electrons. The number of aryl methyl sites for hydroxylation is 1. The Morgan fingerprint density at radius 2 is 1.98 bits per heavy atom. The summed E-state index contributed by atoms with van der Waals surface area (Å²) in [5.74, 6) is 0.450. The molecule has 0 aliphatic carbocycles. The summed E-state index contributed by atoms with van der Waals surface area (Å²) >= 11 is 1.77. The number of anilines is 2. The number of hydrogen-bond acceptors (Lipinski definition) is 9. The monoisotopic (exact) mass is 566 g/mol. The second kappa shape index (κ2) is 12.7. The Kier molecular flexibility index (Phi) is 9.07. The molecular weight excluding hydrogens is 524 g/mol. The molecule has 0 spiro atoms. The number of nitrogens with one attached hydrogen (secondary N) is 1. The van der Waals surface area contributed by atoms with Crippen molar-refractivity contribution in [3.8, 4) is 5.75 Å². The number of benzene rings is 1. The zero-order valence-electron chi connectivity index (χ0n) is 24.0. The summed E-state index contributed by atoms with van der Waals surface area (Å²) in [6.07, 6.45) is 5.25. The van der Waals surface area contributed by atoms with Crippen LogP contribution in [0.3, 0.4) is 0 Å². The van der Waals surface area contributed by atoms with E-state index in [0.717, 1.165) is 85.2 Å². The molecule has 10 heteroatoms. The van der Waals surface area contributed by atoms with Crippen LogP contribution in [0, 0.1) is 12.3 Å². The van der Waals surface area contributed by atoms with E-state index in [2.05, 4.69) is 51.4 Å². The van der Waals surface area contributed by atoms with Gasteiger partial charge in [-0.15, -0.1) is 11.3 Å². The van der Waals surface area contributed by atoms with Crippen LogP contribution in [0.4, 0.5) is 10.8 Å². The molecule has 2 aromatic heterocycles. The normalized spacial score (nSPS) is 18.1. The second-order valence-corrected chi connectivity index (χ2v) is 12.5. The van der Waals surface area contributed by atoms with Gasteiger partial charge in [0.1, 0.15) is 11.4 Å². The number of thiazole rings is 1. The Morgan fingerprint density at radius 1 is 1.15 bits per heavy atom. The maximum absolute atomic E-state index is 12.2. The molecule has 2 N–H and O–H groups in total. The standard InChI is InChI=1S/C30H42N6O3S/c1-22-18-23-6-4-9-32-26(23)27(28(22)39-20-25(38)31-10-17-37)35-12-5-11-34(15-16-35)19-24-21-40-29(33-24)36-13-7-30(2,3)8-14-36/h4,6,9,18,21,37H,5,7-8,10-17,19-20H2,1-3H3,(H,31,38). The maximum Gasteiger partial charge on any atom is 0.258 e. The molecule has 5 rings (SSSR count). The van der Waals surface area contributed by atoms with E-state index < -0.39 is 0 Å². The number of piperidine rings is 1. The summed E-state index contributed by atoms with van der Waals surface area (Å²) in [5.41, 5.74) is 4.41. The summed E-state index contributed by atoms with van der Waals surface area (Å²) < 4.78 is 6.12. The van der Waals surface area contributed by atoms with E-state index in [0.29, 0.717) is 11.2 Å². The summed E-state index contributed by atoms with van der Waals surface area (Å²) in [7, 11) is 0. The fourth-order valence-corrected chi connectivity index (χ4v) is 6.45. The van der Waals surface area contributed by atoms with Crippen LogP contribution in [0.15, 0.2) is 29.8 Å². The predicted molar refractivity (Wildman–Crippen MR) is 162 cm³/mol. The summed E-state index contributed by atoms with van der Waals surface area (Å²) in [6, 6.07) is 6.09. The van der Waals surface area contributed by atoms with Crippen molar-refractivity contribution < 1.29 is 14.6 Å². The molecule has 0 saturated carbocycles. The van der Waals surface area contributed by atoms with E-state index in [4.69, 9.17) is 19.8 Å². The van der Waals surface area contributed by atoms with Crippen LogP contribution in [0.5, 0.6) is 5.75 Å². The first-order valence-corrected chi connectivity index (χ1v) is 15.3. The number of rotatable bonds is 9. The molecule has 9 nitrogen and oxygen atoms in total. The molecule has 1 amide bonds. The van der Waals surface area contributed by atoms with E-state index in [1.54, 1.807) is 11.3 Å². The van der Waals surface area contributed by atoms with Crippen LogP contribution in [0.1, 0.15) is 44.4 Å². The summed E-state index contributed by atoms with van der Waals surface area (Å²) in [5, 5.41) is 16.1. The molecular formula is C30H42N6O3S. The molecule has 3 aromatic rings. The van der Waals surface area contributed by atoms with Crippen molar-refractivity contribution in [2.24, 2.45) is 5.41 Å². The number of ether oxygens (including phenoxy) is 1. The fourth-order valence-electron chi connectivity index (χ4n) is 5.58. The quantitative estimate of drug-likeness (QED) is 0.404. The van der Waals surface area contributed by atoms with Crippen molar-refractivity contribution >= 4 is 39.0 Å². The van der Waals surface area contributed by atoms with Crippen LogP contribution in [0.2, 0.25) is 0 Å². The smallest absolute Gasteiger partial charge is 0.258 e. The Bertz CT molecular complexity index is 1300. The zero-order chi connectivity index (χ0) is 28.1. The summed E-state index contributed by atoms with van der Waals surface area (Å²) in [6.45, 7) is 13.4. The number of nitrogens with zero attached hydrogens (tertiary/aromatic N) is 5. The van der Waals surface area contributed by atoms with Gasteiger partial charge in [-0.05, 0) is 49.3 Å². The SMILES string of the molecule is Cc1cc2cccnc2c(N2CCCN(Cc3csc(N4CCC(C)(C)CC4)n3)CC2)c1OCC(=O)NCCO. The minimum absolute atomic E-state index is 0.0982. The highest BCUT2D eigenvalue weighted by Gasteiger charge is 2.27. The highest BCUT2D eigenvalue weighted by molar-refractivity contribution is 7.13.